The Kier molecular flexibility index (Phi) is 8.86. The van der Waals surface area contributed by atoms with Gasteiger partial charge in [-0.3, -0.25) is 19.3 Å². The van der Waals surface area contributed by atoms with Gasteiger partial charge in [0.2, 0.25) is 12.3 Å². The lowest BCUT2D eigenvalue weighted by atomic mass is 9.82. The van der Waals surface area contributed by atoms with Crippen LogP contribution >= 0.6 is 11.6 Å². The third kappa shape index (κ3) is 5.56. The summed E-state index contributed by atoms with van der Waals surface area (Å²) in [6, 6.07) is 21.9. The van der Waals surface area contributed by atoms with E-state index in [1.165, 1.54) is 0 Å². The second-order valence-electron chi connectivity index (χ2n) is 13.2. The number of nitrogens with zero attached hydrogens (tertiary/aromatic N) is 3. The van der Waals surface area contributed by atoms with Crippen molar-refractivity contribution >= 4 is 55.2 Å². The van der Waals surface area contributed by atoms with Crippen LogP contribution in [0.15, 0.2) is 72.8 Å². The van der Waals surface area contributed by atoms with Gasteiger partial charge in [-0.05, 0) is 74.0 Å². The number of fused-ring (bicyclic) bond motifs is 2. The number of amides is 3. The molecule has 3 aliphatic heterocycles. The Hall–Kier alpha value is -3.54. The quantitative estimate of drug-likeness (QED) is 0.236. The number of rotatable bonds is 9. The van der Waals surface area contributed by atoms with Crippen LogP contribution < -0.4 is 9.80 Å². The first-order valence-electron chi connectivity index (χ1n) is 15.8. The fourth-order valence-electron chi connectivity index (χ4n) is 7.85. The average molecular weight is 662 g/mol. The number of para-hydroxylation sites is 1. The van der Waals surface area contributed by atoms with Crippen LogP contribution in [0.4, 0.5) is 17.1 Å². The van der Waals surface area contributed by atoms with Crippen molar-refractivity contribution in [2.75, 3.05) is 23.0 Å². The van der Waals surface area contributed by atoms with E-state index in [0.29, 0.717) is 28.5 Å². The Morgan fingerprint density at radius 1 is 1.11 bits per heavy atom. The zero-order valence-corrected chi connectivity index (χ0v) is 28.1. The summed E-state index contributed by atoms with van der Waals surface area (Å²) in [5, 5.41) is 10.3. The molecule has 3 amide bonds. The van der Waals surface area contributed by atoms with Gasteiger partial charge >= 0.3 is 0 Å². The number of aliphatic hydroxyl groups is 1. The number of ether oxygens (including phenoxy) is 1. The fourth-order valence-corrected chi connectivity index (χ4v) is 10.6. The Morgan fingerprint density at radius 2 is 1.80 bits per heavy atom. The summed E-state index contributed by atoms with van der Waals surface area (Å²) in [4.78, 5) is 56.7. The molecule has 3 aromatic carbocycles. The van der Waals surface area contributed by atoms with Crippen LogP contribution in [0, 0.1) is 5.92 Å². The Bertz CT molecular complexity index is 1620. The lowest BCUT2D eigenvalue weighted by molar-refractivity contribution is -0.150. The van der Waals surface area contributed by atoms with Gasteiger partial charge in [-0.25, -0.2) is 0 Å². The van der Waals surface area contributed by atoms with Gasteiger partial charge < -0.3 is 24.4 Å². The molecule has 242 valence electrons. The van der Waals surface area contributed by atoms with Crippen LogP contribution in [0.3, 0.4) is 0 Å². The van der Waals surface area contributed by atoms with Gasteiger partial charge in [0.05, 0.1) is 37.4 Å². The zero-order chi connectivity index (χ0) is 32.8. The number of aliphatic hydroxyl groups excluding tert-OH is 1. The third-order valence-corrected chi connectivity index (χ3v) is 12.7. The fraction of sp³-hybridized carbons (Fsp3) is 0.400. The number of hydrogen-bond acceptors (Lipinski definition) is 6. The van der Waals surface area contributed by atoms with Crippen molar-refractivity contribution in [2.45, 2.75) is 69.1 Å². The molecular weight excluding hydrogens is 622 g/mol. The molecule has 2 saturated heterocycles. The van der Waals surface area contributed by atoms with Crippen LogP contribution in [-0.4, -0.2) is 66.6 Å². The summed E-state index contributed by atoms with van der Waals surface area (Å²) >= 11 is 6.52. The van der Waals surface area contributed by atoms with E-state index in [9.17, 15) is 24.3 Å². The average Bonchev–Trinajstić information content (AvgIpc) is 3.69. The molecule has 9 nitrogen and oxygen atoms in total. The van der Waals surface area contributed by atoms with Gasteiger partial charge in [0.25, 0.3) is 5.91 Å². The van der Waals surface area contributed by atoms with Gasteiger partial charge in [0.1, 0.15) is 0 Å². The van der Waals surface area contributed by atoms with E-state index >= 15 is 0 Å². The molecule has 0 bridgehead atoms. The van der Waals surface area contributed by atoms with E-state index in [0.717, 1.165) is 30.5 Å². The first-order chi connectivity index (χ1) is 22.0. The predicted octanol–water partition coefficient (Wildman–Crippen LogP) is 5.35. The number of hydrogen-bond donors (Lipinski definition) is 2. The van der Waals surface area contributed by atoms with Crippen molar-refractivity contribution < 1.29 is 29.0 Å². The molecule has 0 aliphatic carbocycles. The van der Waals surface area contributed by atoms with Crippen molar-refractivity contribution in [1.82, 2.24) is 4.90 Å². The van der Waals surface area contributed by atoms with Gasteiger partial charge in [-0.1, -0.05) is 48.9 Å². The van der Waals surface area contributed by atoms with Crippen molar-refractivity contribution in [3.8, 4) is 0 Å². The number of carbonyl (C=O) groups is 3. The van der Waals surface area contributed by atoms with E-state index in [-0.39, 0.29) is 37.4 Å². The van der Waals surface area contributed by atoms with E-state index in [1.54, 1.807) is 26.8 Å². The van der Waals surface area contributed by atoms with Gasteiger partial charge in [0.15, 0.2) is 13.9 Å². The van der Waals surface area contributed by atoms with Gasteiger partial charge in [-0.15, -0.1) is 0 Å². The van der Waals surface area contributed by atoms with Crippen LogP contribution in [0.2, 0.25) is 23.7 Å². The number of carbonyl (C=O) groups excluding carboxylic acids is 3. The molecule has 3 aromatic rings. The van der Waals surface area contributed by atoms with E-state index in [4.69, 9.17) is 16.3 Å². The second-order valence-corrected chi connectivity index (χ2v) is 17.6. The maximum Gasteiger partial charge on any atom is 0.264 e. The summed E-state index contributed by atoms with van der Waals surface area (Å²) in [5.74, 6) is -0.830. The van der Waals surface area contributed by atoms with E-state index in [2.05, 4.69) is 0 Å². The molecule has 0 radical (unpaired) electrons. The van der Waals surface area contributed by atoms with Crippen molar-refractivity contribution in [3.63, 3.8) is 0 Å². The molecule has 1 spiro atoms. The van der Waals surface area contributed by atoms with Gasteiger partial charge in [0, 0.05) is 40.0 Å². The van der Waals surface area contributed by atoms with Gasteiger partial charge in [-0.2, -0.15) is 0 Å². The number of anilines is 3. The molecule has 11 heteroatoms. The monoisotopic (exact) mass is 661 g/mol. The zero-order valence-electron chi connectivity index (χ0n) is 26.3. The Morgan fingerprint density at radius 3 is 2.46 bits per heavy atom. The smallest absolute Gasteiger partial charge is 0.264 e. The normalized spacial score (nSPS) is 25.7. The summed E-state index contributed by atoms with van der Waals surface area (Å²) in [6.45, 7) is 6.32. The molecule has 3 aliphatic rings. The Labute approximate surface area is 275 Å². The lowest BCUT2D eigenvalue weighted by Gasteiger charge is -2.32. The summed E-state index contributed by atoms with van der Waals surface area (Å²) in [5.41, 5.74) is 1.77. The van der Waals surface area contributed by atoms with Crippen LogP contribution in [0.25, 0.3) is 0 Å². The maximum atomic E-state index is 14.7. The summed E-state index contributed by atoms with van der Waals surface area (Å²) < 4.78 is 6.81. The number of halogens is 1. The summed E-state index contributed by atoms with van der Waals surface area (Å²) in [6.07, 6.45) is 1.68. The molecule has 2 fully saturated rings. The standard InChI is InChI=1S/C35H40ClN3O6Si/c1-23-33(46(2,3)44)31(19-32(42)37-17-7-10-28(37)21-40)45-35(23)29-18-25(36)13-16-30(29)38(34(35)43)20-24-11-14-27(15-12-24)39(22-41)26-8-5-4-6-9-26/h4-6,8-9,11-16,18,22-23,28,31,33,40,44H,7,10,17,19-21H2,1-3H3/t23-,28+,31+,33-,35+/m1/s1. The number of likely N-dealkylation sites (tertiary alicyclic amines) is 1. The van der Waals surface area contributed by atoms with Crippen LogP contribution in [0.1, 0.15) is 37.3 Å². The number of benzene rings is 3. The molecule has 3 heterocycles. The molecule has 0 saturated carbocycles. The first kappa shape index (κ1) is 32.4. The highest BCUT2D eigenvalue weighted by Crippen LogP contribution is 2.60. The molecule has 2 N–H and O–H groups in total. The largest absolute Gasteiger partial charge is 0.432 e. The lowest BCUT2D eigenvalue weighted by Crippen LogP contribution is -2.46. The highest BCUT2D eigenvalue weighted by molar-refractivity contribution is 6.71. The van der Waals surface area contributed by atoms with E-state index in [1.807, 2.05) is 80.7 Å². The predicted molar refractivity (Wildman–Crippen MR) is 179 cm³/mol. The molecule has 6 rings (SSSR count). The van der Waals surface area contributed by atoms with Crippen molar-refractivity contribution in [3.05, 3.63) is 88.9 Å². The van der Waals surface area contributed by atoms with Crippen molar-refractivity contribution in [2.24, 2.45) is 5.92 Å². The maximum absolute atomic E-state index is 14.7. The Balaban J connectivity index is 1.32. The van der Waals surface area contributed by atoms with E-state index < -0.39 is 31.5 Å². The molecule has 5 atom stereocenters. The first-order valence-corrected chi connectivity index (χ1v) is 19.2. The highest BCUT2D eigenvalue weighted by Gasteiger charge is 2.66. The van der Waals surface area contributed by atoms with Crippen LogP contribution in [-0.2, 0) is 31.3 Å². The van der Waals surface area contributed by atoms with Crippen molar-refractivity contribution in [1.29, 1.82) is 0 Å². The highest BCUT2D eigenvalue weighted by atomic mass is 35.5. The van der Waals surface area contributed by atoms with Crippen LogP contribution in [0.5, 0.6) is 0 Å². The molecule has 0 aromatic heterocycles. The SMILES string of the molecule is C[C@@H]1[C@@H]([Si](C)(C)O)[C@H](CC(=O)N2CCC[C@H]2CO)O[C@@]12C(=O)N(Cc1ccc(N(C=O)c3ccccc3)cc1)c1ccc(Cl)cc12. The third-order valence-electron chi connectivity index (χ3n) is 9.92. The molecule has 46 heavy (non-hydrogen) atoms. The molecular formula is C35H40ClN3O6Si. The molecule has 0 unspecified atom stereocenters. The summed E-state index contributed by atoms with van der Waals surface area (Å²) in [7, 11) is -2.97. The minimum Gasteiger partial charge on any atom is -0.432 e. The second kappa shape index (κ2) is 12.6. The minimum absolute atomic E-state index is 0.0174. The minimum atomic E-state index is -2.97. The topological polar surface area (TPSA) is 111 Å².